The Hall–Kier alpha value is -2.70. The SMILES string of the molecule is CC1CSC(=C(C(=O)/C=C/c2ccc(N(C)C)cc2)C(=O)/C=C/c2ccc(N(C)C)cc2)S1. The maximum atomic E-state index is 13.1. The normalized spacial score (nSPS) is 15.9. The molecule has 2 aromatic carbocycles. The van der Waals surface area contributed by atoms with Gasteiger partial charge in [0.2, 0.25) is 0 Å². The summed E-state index contributed by atoms with van der Waals surface area (Å²) in [6.45, 7) is 2.11. The molecular weight excluding hydrogens is 448 g/mol. The Morgan fingerprint density at radius 1 is 0.788 bits per heavy atom. The van der Waals surface area contributed by atoms with Gasteiger partial charge >= 0.3 is 0 Å². The third-order valence-electron chi connectivity index (χ3n) is 5.13. The highest BCUT2D eigenvalue weighted by Crippen LogP contribution is 2.44. The van der Waals surface area contributed by atoms with Crippen molar-refractivity contribution in [1.29, 1.82) is 0 Å². The fraction of sp³-hybridized carbons (Fsp3) is 0.259. The molecule has 0 N–H and O–H groups in total. The smallest absolute Gasteiger partial charge is 0.191 e. The largest absolute Gasteiger partial charge is 0.378 e. The minimum atomic E-state index is -0.256. The van der Waals surface area contributed by atoms with E-state index < -0.39 is 0 Å². The first kappa shape index (κ1) is 24.9. The van der Waals surface area contributed by atoms with Gasteiger partial charge in [-0.15, -0.1) is 23.5 Å². The quantitative estimate of drug-likeness (QED) is 0.273. The molecule has 6 heteroatoms. The predicted molar refractivity (Wildman–Crippen MR) is 146 cm³/mol. The van der Waals surface area contributed by atoms with Crippen molar-refractivity contribution in [2.75, 3.05) is 43.7 Å². The highest BCUT2D eigenvalue weighted by molar-refractivity contribution is 8.25. The van der Waals surface area contributed by atoms with Gasteiger partial charge in [-0.25, -0.2) is 0 Å². The van der Waals surface area contributed by atoms with Crippen molar-refractivity contribution in [3.05, 3.63) is 81.6 Å². The molecule has 1 atom stereocenters. The minimum Gasteiger partial charge on any atom is -0.378 e. The van der Waals surface area contributed by atoms with Gasteiger partial charge in [-0.05, 0) is 47.5 Å². The van der Waals surface area contributed by atoms with Gasteiger partial charge < -0.3 is 9.80 Å². The Labute approximate surface area is 205 Å². The predicted octanol–water partition coefficient (Wildman–Crippen LogP) is 5.76. The zero-order valence-corrected chi connectivity index (χ0v) is 21.4. The van der Waals surface area contributed by atoms with E-state index >= 15 is 0 Å². The number of hydrogen-bond acceptors (Lipinski definition) is 6. The van der Waals surface area contributed by atoms with Crippen LogP contribution in [-0.2, 0) is 9.59 Å². The average Bonchev–Trinajstić information content (AvgIpc) is 3.22. The van der Waals surface area contributed by atoms with Gasteiger partial charge in [-0.1, -0.05) is 43.3 Å². The molecule has 4 nitrogen and oxygen atoms in total. The summed E-state index contributed by atoms with van der Waals surface area (Å²) in [4.78, 5) is 30.3. The fourth-order valence-electron chi connectivity index (χ4n) is 3.18. The molecule has 2 aromatic rings. The van der Waals surface area contributed by atoms with Gasteiger partial charge in [0.15, 0.2) is 11.6 Å². The number of rotatable bonds is 8. The molecule has 0 amide bonds. The molecule has 0 radical (unpaired) electrons. The number of nitrogens with zero attached hydrogens (tertiary/aromatic N) is 2. The monoisotopic (exact) mass is 478 g/mol. The molecule has 3 rings (SSSR count). The van der Waals surface area contributed by atoms with E-state index in [2.05, 4.69) is 6.92 Å². The van der Waals surface area contributed by atoms with Crippen LogP contribution in [-0.4, -0.2) is 50.8 Å². The van der Waals surface area contributed by atoms with Gasteiger partial charge in [0.1, 0.15) is 0 Å². The maximum absolute atomic E-state index is 13.1. The lowest BCUT2D eigenvalue weighted by Crippen LogP contribution is -2.10. The summed E-state index contributed by atoms with van der Waals surface area (Å²) < 4.78 is 0.817. The van der Waals surface area contributed by atoms with Crippen molar-refractivity contribution >= 4 is 58.6 Å². The number of anilines is 2. The number of thioether (sulfide) groups is 2. The lowest BCUT2D eigenvalue weighted by molar-refractivity contribution is -0.116. The summed E-state index contributed by atoms with van der Waals surface area (Å²) in [6.07, 6.45) is 6.56. The lowest BCUT2D eigenvalue weighted by Gasteiger charge is -2.11. The number of carbonyl (C=O) groups excluding carboxylic acids is 2. The summed E-state index contributed by atoms with van der Waals surface area (Å²) in [5, 5.41) is 0.380. The molecule has 1 aliphatic rings. The number of hydrogen-bond donors (Lipinski definition) is 0. The van der Waals surface area contributed by atoms with Gasteiger partial charge in [0.25, 0.3) is 0 Å². The Balaban J connectivity index is 1.81. The van der Waals surface area contributed by atoms with Crippen LogP contribution in [0, 0.1) is 0 Å². The third kappa shape index (κ3) is 6.89. The number of benzene rings is 2. The van der Waals surface area contributed by atoms with Crippen LogP contribution in [0.5, 0.6) is 0 Å². The topological polar surface area (TPSA) is 40.6 Å². The summed E-state index contributed by atoms with van der Waals surface area (Å²) in [6, 6.07) is 15.9. The minimum absolute atomic E-state index is 0.256. The average molecular weight is 479 g/mol. The van der Waals surface area contributed by atoms with E-state index in [1.165, 1.54) is 12.2 Å². The molecule has 1 unspecified atom stereocenters. The van der Waals surface area contributed by atoms with Crippen LogP contribution in [0.15, 0.2) is 70.5 Å². The van der Waals surface area contributed by atoms with Crippen molar-refractivity contribution in [1.82, 2.24) is 0 Å². The first-order valence-electron chi connectivity index (χ1n) is 10.8. The van der Waals surface area contributed by atoms with Crippen LogP contribution >= 0.6 is 23.5 Å². The van der Waals surface area contributed by atoms with E-state index in [1.807, 2.05) is 86.5 Å². The van der Waals surface area contributed by atoms with Crippen molar-refractivity contribution in [2.45, 2.75) is 12.2 Å². The molecule has 0 spiro atoms. The Bertz CT molecular complexity index is 1010. The van der Waals surface area contributed by atoms with Crippen LogP contribution < -0.4 is 9.80 Å². The molecule has 1 saturated heterocycles. The van der Waals surface area contributed by atoms with Crippen LogP contribution in [0.25, 0.3) is 12.2 Å². The molecule has 0 aromatic heterocycles. The summed E-state index contributed by atoms with van der Waals surface area (Å²) in [7, 11) is 7.95. The summed E-state index contributed by atoms with van der Waals surface area (Å²) in [5.74, 6) is 0.386. The molecule has 0 saturated carbocycles. The Morgan fingerprint density at radius 3 is 1.55 bits per heavy atom. The van der Waals surface area contributed by atoms with Crippen LogP contribution in [0.4, 0.5) is 11.4 Å². The van der Waals surface area contributed by atoms with E-state index in [9.17, 15) is 9.59 Å². The second-order valence-electron chi connectivity index (χ2n) is 8.27. The summed E-state index contributed by atoms with van der Waals surface area (Å²) in [5.41, 5.74) is 4.28. The molecule has 1 fully saturated rings. The van der Waals surface area contributed by atoms with E-state index in [0.29, 0.717) is 5.25 Å². The fourth-order valence-corrected chi connectivity index (χ4v) is 6.04. The summed E-state index contributed by atoms with van der Waals surface area (Å²) >= 11 is 3.20. The van der Waals surface area contributed by atoms with E-state index in [1.54, 1.807) is 35.7 Å². The molecule has 0 bridgehead atoms. The lowest BCUT2D eigenvalue weighted by atomic mass is 10.1. The second kappa shape index (κ2) is 11.4. The number of ketones is 2. The van der Waals surface area contributed by atoms with Crippen molar-refractivity contribution in [3.8, 4) is 0 Å². The highest BCUT2D eigenvalue weighted by atomic mass is 32.2. The zero-order valence-electron chi connectivity index (χ0n) is 19.7. The van der Waals surface area contributed by atoms with E-state index in [0.717, 1.165) is 32.5 Å². The van der Waals surface area contributed by atoms with E-state index in [4.69, 9.17) is 0 Å². The van der Waals surface area contributed by atoms with E-state index in [-0.39, 0.29) is 17.1 Å². The number of allylic oxidation sites excluding steroid dienone is 3. The van der Waals surface area contributed by atoms with Gasteiger partial charge in [0.05, 0.1) is 9.81 Å². The third-order valence-corrected chi connectivity index (χ3v) is 8.10. The van der Waals surface area contributed by atoms with Gasteiger partial charge in [0, 0.05) is 50.6 Å². The second-order valence-corrected chi connectivity index (χ2v) is 11.0. The molecular formula is C27H30N2O2S2. The maximum Gasteiger partial charge on any atom is 0.191 e. The Kier molecular flexibility index (Phi) is 8.64. The molecule has 1 aliphatic heterocycles. The molecule has 0 aliphatic carbocycles. The zero-order chi connectivity index (χ0) is 24.0. The van der Waals surface area contributed by atoms with Crippen LogP contribution in [0.3, 0.4) is 0 Å². The highest BCUT2D eigenvalue weighted by Gasteiger charge is 2.26. The van der Waals surface area contributed by atoms with Gasteiger partial charge in [-0.3, -0.25) is 9.59 Å². The first-order valence-corrected chi connectivity index (χ1v) is 12.6. The van der Waals surface area contributed by atoms with Crippen molar-refractivity contribution < 1.29 is 9.59 Å². The van der Waals surface area contributed by atoms with Crippen LogP contribution in [0.1, 0.15) is 18.1 Å². The number of carbonyl (C=O) groups is 2. The van der Waals surface area contributed by atoms with Crippen molar-refractivity contribution in [3.63, 3.8) is 0 Å². The molecule has 1 heterocycles. The Morgan fingerprint density at radius 2 is 1.21 bits per heavy atom. The standard InChI is InChI=1S/C27H30N2O2S2/c1-19-18-32-27(33-19)26(24(30)16-10-20-6-12-22(13-7-20)28(2)3)25(31)17-11-21-8-14-23(15-9-21)29(4)5/h6-17,19H,18H2,1-5H3/b16-10+,17-11+. The molecule has 33 heavy (non-hydrogen) atoms. The molecule has 172 valence electrons. The first-order chi connectivity index (χ1) is 15.7. The van der Waals surface area contributed by atoms with Gasteiger partial charge in [-0.2, -0.15) is 0 Å². The van der Waals surface area contributed by atoms with Crippen molar-refractivity contribution in [2.24, 2.45) is 0 Å². The van der Waals surface area contributed by atoms with Crippen LogP contribution in [0.2, 0.25) is 0 Å².